The van der Waals surface area contributed by atoms with E-state index in [1.165, 1.54) is 167 Å². The number of phosphoric acid groups is 2. The number of hydrogen-bond acceptors (Lipinski definition) is 15. The van der Waals surface area contributed by atoms with Gasteiger partial charge in [-0.25, -0.2) is 9.13 Å². The second-order valence-electron chi connectivity index (χ2n) is 26.9. The Labute approximate surface area is 556 Å². The van der Waals surface area contributed by atoms with Crippen LogP contribution in [0, 0.1) is 17.8 Å². The summed E-state index contributed by atoms with van der Waals surface area (Å²) in [6.07, 6.45) is 47.2. The van der Waals surface area contributed by atoms with E-state index in [1.54, 1.807) is 0 Å². The average Bonchev–Trinajstić information content (AvgIpc) is 2.23. The molecule has 19 heteroatoms. The number of rotatable bonds is 70. The molecule has 0 bridgehead atoms. The summed E-state index contributed by atoms with van der Waals surface area (Å²) in [5.41, 5.74) is 0. The number of carbonyl (C=O) groups is 4. The first-order valence-corrected chi connectivity index (χ1v) is 40.4. The highest BCUT2D eigenvalue weighted by Crippen LogP contribution is 2.45. The molecule has 0 radical (unpaired) electrons. The topological polar surface area (TPSA) is 237 Å². The first-order chi connectivity index (χ1) is 43.8. The summed E-state index contributed by atoms with van der Waals surface area (Å²) in [4.78, 5) is 72.6. The van der Waals surface area contributed by atoms with Gasteiger partial charge in [-0.2, -0.15) is 0 Å². The highest BCUT2D eigenvalue weighted by molar-refractivity contribution is 7.47. The van der Waals surface area contributed by atoms with Gasteiger partial charge in [-0.3, -0.25) is 37.3 Å². The fourth-order valence-electron chi connectivity index (χ4n) is 10.8. The van der Waals surface area contributed by atoms with Gasteiger partial charge in [-0.05, 0) is 43.4 Å². The summed E-state index contributed by atoms with van der Waals surface area (Å²) in [5.74, 6) is 0.120. The number of ether oxygens (including phenoxy) is 4. The second kappa shape index (κ2) is 62.8. The highest BCUT2D eigenvalue weighted by Gasteiger charge is 2.30. The van der Waals surface area contributed by atoms with E-state index >= 15 is 0 Å². The number of phosphoric ester groups is 2. The van der Waals surface area contributed by atoms with Crippen LogP contribution in [0.1, 0.15) is 363 Å². The smallest absolute Gasteiger partial charge is 0.462 e. The number of carbonyl (C=O) groups excluding carboxylic acids is 4. The number of aliphatic hydroxyl groups is 1. The van der Waals surface area contributed by atoms with Crippen molar-refractivity contribution >= 4 is 39.5 Å². The lowest BCUT2D eigenvalue weighted by atomic mass is 10.00. The molecule has 3 N–H and O–H groups in total. The normalized spacial score (nSPS) is 14.8. The molecule has 91 heavy (non-hydrogen) atoms. The lowest BCUT2D eigenvalue weighted by molar-refractivity contribution is -0.161. The summed E-state index contributed by atoms with van der Waals surface area (Å²) in [6.45, 7) is 11.8. The summed E-state index contributed by atoms with van der Waals surface area (Å²) in [5, 5.41) is 10.6. The van der Waals surface area contributed by atoms with Gasteiger partial charge in [-0.15, -0.1) is 0 Å². The Kier molecular flexibility index (Phi) is 61.5. The van der Waals surface area contributed by atoms with Crippen molar-refractivity contribution in [3.63, 3.8) is 0 Å². The van der Waals surface area contributed by atoms with Crippen LogP contribution in [0.15, 0.2) is 0 Å². The van der Waals surface area contributed by atoms with Gasteiger partial charge in [0.25, 0.3) is 0 Å². The van der Waals surface area contributed by atoms with E-state index in [4.69, 9.17) is 37.0 Å². The molecule has 0 amide bonds. The lowest BCUT2D eigenvalue weighted by Gasteiger charge is -2.21. The summed E-state index contributed by atoms with van der Waals surface area (Å²) < 4.78 is 68.3. The van der Waals surface area contributed by atoms with Gasteiger partial charge >= 0.3 is 39.5 Å². The minimum Gasteiger partial charge on any atom is -0.462 e. The Morgan fingerprint density at radius 3 is 0.835 bits per heavy atom. The molecule has 7 atom stereocenters. The molecule has 0 aliphatic heterocycles. The van der Waals surface area contributed by atoms with Crippen molar-refractivity contribution in [3.8, 4) is 0 Å². The third-order valence-corrected chi connectivity index (χ3v) is 19.3. The Bertz CT molecular complexity index is 1790. The molecule has 4 unspecified atom stereocenters. The molecular weight excluding hydrogens is 1200 g/mol. The lowest BCUT2D eigenvalue weighted by Crippen LogP contribution is -2.30. The number of esters is 4. The highest BCUT2D eigenvalue weighted by atomic mass is 31.2. The van der Waals surface area contributed by atoms with Gasteiger partial charge in [0.15, 0.2) is 12.2 Å². The summed E-state index contributed by atoms with van der Waals surface area (Å²) >= 11 is 0. The predicted octanol–water partition coefficient (Wildman–Crippen LogP) is 20.6. The van der Waals surface area contributed by atoms with Crippen LogP contribution in [0.2, 0.25) is 0 Å². The molecule has 0 aromatic heterocycles. The van der Waals surface area contributed by atoms with Crippen LogP contribution in [0.3, 0.4) is 0 Å². The molecule has 0 spiro atoms. The fraction of sp³-hybridized carbons (Fsp3) is 0.944. The second-order valence-corrected chi connectivity index (χ2v) is 29.8. The monoisotopic (exact) mass is 1340 g/mol. The van der Waals surface area contributed by atoms with Gasteiger partial charge in [-0.1, -0.05) is 312 Å². The van der Waals surface area contributed by atoms with Gasteiger partial charge in [0.05, 0.1) is 26.4 Å². The molecule has 540 valence electrons. The van der Waals surface area contributed by atoms with Crippen LogP contribution in [-0.4, -0.2) is 96.7 Å². The number of aliphatic hydroxyl groups excluding tert-OH is 1. The number of hydrogen-bond donors (Lipinski definition) is 3. The largest absolute Gasteiger partial charge is 0.472 e. The van der Waals surface area contributed by atoms with Gasteiger partial charge in [0, 0.05) is 25.7 Å². The van der Waals surface area contributed by atoms with Crippen LogP contribution in [-0.2, 0) is 65.4 Å². The quantitative estimate of drug-likeness (QED) is 0.0222. The van der Waals surface area contributed by atoms with E-state index < -0.39 is 97.5 Å². The van der Waals surface area contributed by atoms with Gasteiger partial charge < -0.3 is 33.8 Å². The zero-order valence-corrected chi connectivity index (χ0v) is 61.1. The standard InChI is InChI=1S/C72H140O17P2/c1-8-11-12-13-14-15-16-17-21-24-27-30-39-46-53-69(74)82-59-67(88-71(76)55-48-41-31-28-25-22-19-18-20-23-26-29-36-43-50-63(4)5)61-86-90(78,79)84-57-66(73)58-85-91(80,81)87-62-68(89-72(77)56-49-42-35-33-38-45-52-65(7)10-3)60-83-70(75)54-47-40-34-32-37-44-51-64(6)9-2/h63-68,73H,8-62H2,1-7H3,(H,78,79)(H,80,81)/t64?,65?,66-,67-,68-/m1/s1. The van der Waals surface area contributed by atoms with Crippen LogP contribution >= 0.6 is 15.6 Å². The summed E-state index contributed by atoms with van der Waals surface area (Å²) in [6, 6.07) is 0. The molecule has 17 nitrogen and oxygen atoms in total. The van der Waals surface area contributed by atoms with Crippen molar-refractivity contribution in [1.82, 2.24) is 0 Å². The van der Waals surface area contributed by atoms with Crippen LogP contribution in [0.4, 0.5) is 0 Å². The van der Waals surface area contributed by atoms with E-state index in [0.717, 1.165) is 114 Å². The van der Waals surface area contributed by atoms with Crippen molar-refractivity contribution in [3.05, 3.63) is 0 Å². The van der Waals surface area contributed by atoms with Gasteiger partial charge in [0.2, 0.25) is 0 Å². The zero-order valence-electron chi connectivity index (χ0n) is 59.3. The molecule has 0 heterocycles. The number of unbranched alkanes of at least 4 members (excludes halogenated alkanes) is 36. The van der Waals surface area contributed by atoms with Gasteiger partial charge in [0.1, 0.15) is 19.3 Å². The molecule has 0 aliphatic carbocycles. The Balaban J connectivity index is 5.24. The predicted molar refractivity (Wildman–Crippen MR) is 368 cm³/mol. The molecule has 0 saturated carbocycles. The van der Waals surface area contributed by atoms with Crippen LogP contribution in [0.25, 0.3) is 0 Å². The maximum atomic E-state index is 13.0. The van der Waals surface area contributed by atoms with E-state index in [2.05, 4.69) is 48.5 Å². The average molecular weight is 1340 g/mol. The van der Waals surface area contributed by atoms with Crippen molar-refractivity contribution < 1.29 is 80.2 Å². The molecule has 0 aromatic carbocycles. The zero-order chi connectivity index (χ0) is 67.3. The Morgan fingerprint density at radius 1 is 0.319 bits per heavy atom. The Hall–Kier alpha value is -1.94. The van der Waals surface area contributed by atoms with E-state index in [-0.39, 0.29) is 25.7 Å². The SMILES string of the molecule is CCCCCCCCCCCCCCCCC(=O)OC[C@H](COP(=O)(O)OC[C@@H](O)COP(=O)(O)OC[C@@H](COC(=O)CCCCCCCCC(C)CC)OC(=O)CCCCCCCCC(C)CC)OC(=O)CCCCCCCCCCCCCCCCC(C)C. The first-order valence-electron chi connectivity index (χ1n) is 37.4. The minimum atomic E-state index is -4.95. The molecule has 0 rings (SSSR count). The van der Waals surface area contributed by atoms with E-state index in [1.807, 2.05) is 0 Å². The first kappa shape index (κ1) is 89.1. The molecular formula is C72H140O17P2. The van der Waals surface area contributed by atoms with E-state index in [9.17, 15) is 43.2 Å². The fourth-order valence-corrected chi connectivity index (χ4v) is 12.4. The molecule has 0 fully saturated rings. The van der Waals surface area contributed by atoms with Crippen molar-refractivity contribution in [2.45, 2.75) is 381 Å². The van der Waals surface area contributed by atoms with Crippen molar-refractivity contribution in [2.24, 2.45) is 17.8 Å². The molecule has 0 saturated heterocycles. The minimum absolute atomic E-state index is 0.102. The molecule has 0 aliphatic rings. The maximum Gasteiger partial charge on any atom is 0.472 e. The van der Waals surface area contributed by atoms with Crippen molar-refractivity contribution in [2.75, 3.05) is 39.6 Å². The van der Waals surface area contributed by atoms with Crippen molar-refractivity contribution in [1.29, 1.82) is 0 Å². The Morgan fingerprint density at radius 2 is 0.560 bits per heavy atom. The van der Waals surface area contributed by atoms with Crippen LogP contribution < -0.4 is 0 Å². The third kappa shape index (κ3) is 63.9. The maximum absolute atomic E-state index is 13.0. The third-order valence-electron chi connectivity index (χ3n) is 17.4. The van der Waals surface area contributed by atoms with Crippen LogP contribution in [0.5, 0.6) is 0 Å². The summed E-state index contributed by atoms with van der Waals surface area (Å²) in [7, 11) is -9.90. The molecule has 0 aromatic rings. The van der Waals surface area contributed by atoms with E-state index in [0.29, 0.717) is 25.7 Å².